The minimum Gasteiger partial charge on any atom is -0.397 e. The van der Waals surface area contributed by atoms with Gasteiger partial charge in [0.25, 0.3) is 5.91 Å². The largest absolute Gasteiger partial charge is 0.397 e. The van der Waals surface area contributed by atoms with E-state index in [1.807, 2.05) is 0 Å². The van der Waals surface area contributed by atoms with Gasteiger partial charge in [0.05, 0.1) is 17.4 Å². The fourth-order valence-electron chi connectivity index (χ4n) is 1.77. The number of hydrogen-bond acceptors (Lipinski definition) is 4. The average Bonchev–Trinajstić information content (AvgIpc) is 2.35. The van der Waals surface area contributed by atoms with Crippen molar-refractivity contribution in [2.75, 3.05) is 12.3 Å². The summed E-state index contributed by atoms with van der Waals surface area (Å²) < 4.78 is 0. The molecule has 0 spiro atoms. The number of rotatable bonds is 2. The highest BCUT2D eigenvalue weighted by Crippen LogP contribution is 2.16. The maximum atomic E-state index is 12.0. The van der Waals surface area contributed by atoms with E-state index in [1.165, 1.54) is 12.3 Å². The topological polar surface area (TPSA) is 97.1 Å². The van der Waals surface area contributed by atoms with Crippen molar-refractivity contribution in [1.82, 2.24) is 15.6 Å². The van der Waals surface area contributed by atoms with E-state index < -0.39 is 11.9 Å². The summed E-state index contributed by atoms with van der Waals surface area (Å²) in [7, 11) is 0. The van der Waals surface area contributed by atoms with Crippen molar-refractivity contribution in [2.45, 2.75) is 18.9 Å². The summed E-state index contributed by atoms with van der Waals surface area (Å²) in [6.45, 7) is 0.645. The highest BCUT2D eigenvalue weighted by atomic mass is 35.5. The number of carbonyl (C=O) groups is 2. The number of carbonyl (C=O) groups excluding carboxylic acids is 2. The zero-order valence-electron chi connectivity index (χ0n) is 9.57. The van der Waals surface area contributed by atoms with Crippen molar-refractivity contribution in [3.63, 3.8) is 0 Å². The molecule has 1 aromatic heterocycles. The number of nitrogens with zero attached hydrogens (tertiary/aromatic N) is 1. The summed E-state index contributed by atoms with van der Waals surface area (Å²) >= 11 is 5.82. The fourth-order valence-corrected chi connectivity index (χ4v) is 1.96. The first-order valence-corrected chi connectivity index (χ1v) is 5.95. The molecule has 0 aliphatic carbocycles. The maximum absolute atomic E-state index is 12.0. The standard InChI is InChI=1S/C11H13ClN4O2/c12-9-7(4-6(13)5-15-9)10(17)16-8-2-1-3-14-11(8)18/h4-5,8H,1-3,13H2,(H,14,18)(H,16,17). The van der Waals surface area contributed by atoms with Gasteiger partial charge in [0.15, 0.2) is 0 Å². The fraction of sp³-hybridized carbons (Fsp3) is 0.364. The van der Waals surface area contributed by atoms with Crippen molar-refractivity contribution in [3.8, 4) is 0 Å². The Morgan fingerprint density at radius 1 is 1.61 bits per heavy atom. The van der Waals surface area contributed by atoms with E-state index in [1.54, 1.807) is 0 Å². The zero-order chi connectivity index (χ0) is 13.1. The lowest BCUT2D eigenvalue weighted by Gasteiger charge is -2.22. The van der Waals surface area contributed by atoms with Crippen LogP contribution >= 0.6 is 11.6 Å². The van der Waals surface area contributed by atoms with E-state index in [0.717, 1.165) is 6.42 Å². The minimum atomic E-state index is -0.524. The first kappa shape index (κ1) is 12.6. The molecule has 1 aliphatic rings. The molecule has 0 saturated carbocycles. The van der Waals surface area contributed by atoms with Crippen LogP contribution in [-0.4, -0.2) is 29.4 Å². The van der Waals surface area contributed by atoms with Crippen molar-refractivity contribution >= 4 is 29.1 Å². The van der Waals surface area contributed by atoms with Gasteiger partial charge in [-0.2, -0.15) is 0 Å². The lowest BCUT2D eigenvalue weighted by Crippen LogP contribution is -2.50. The predicted molar refractivity (Wildman–Crippen MR) is 67.2 cm³/mol. The highest BCUT2D eigenvalue weighted by molar-refractivity contribution is 6.32. The van der Waals surface area contributed by atoms with Crippen LogP contribution in [0.1, 0.15) is 23.2 Å². The Morgan fingerprint density at radius 2 is 2.39 bits per heavy atom. The van der Waals surface area contributed by atoms with Crippen molar-refractivity contribution in [1.29, 1.82) is 0 Å². The smallest absolute Gasteiger partial charge is 0.255 e. The molecular formula is C11H13ClN4O2. The molecule has 1 atom stereocenters. The molecule has 4 N–H and O–H groups in total. The Kier molecular flexibility index (Phi) is 3.66. The first-order valence-electron chi connectivity index (χ1n) is 5.57. The summed E-state index contributed by atoms with van der Waals surface area (Å²) in [5.41, 5.74) is 6.07. The SMILES string of the molecule is Nc1cnc(Cl)c(C(=O)NC2CCCNC2=O)c1. The molecule has 1 aliphatic heterocycles. The van der Waals surface area contributed by atoms with Gasteiger partial charge in [-0.05, 0) is 18.9 Å². The van der Waals surface area contributed by atoms with Gasteiger partial charge in [-0.3, -0.25) is 9.59 Å². The van der Waals surface area contributed by atoms with E-state index in [9.17, 15) is 9.59 Å². The van der Waals surface area contributed by atoms with Crippen molar-refractivity contribution < 1.29 is 9.59 Å². The van der Waals surface area contributed by atoms with Crippen molar-refractivity contribution in [3.05, 3.63) is 23.0 Å². The third-order valence-corrected chi connectivity index (χ3v) is 3.00. The van der Waals surface area contributed by atoms with Crippen LogP contribution in [-0.2, 0) is 4.79 Å². The second-order valence-corrected chi connectivity index (χ2v) is 4.42. The number of anilines is 1. The second-order valence-electron chi connectivity index (χ2n) is 4.07. The molecule has 18 heavy (non-hydrogen) atoms. The van der Waals surface area contributed by atoms with Gasteiger partial charge < -0.3 is 16.4 Å². The molecular weight excluding hydrogens is 256 g/mol. The molecule has 0 bridgehead atoms. The van der Waals surface area contributed by atoms with Gasteiger partial charge in [-0.15, -0.1) is 0 Å². The number of piperidine rings is 1. The third kappa shape index (κ3) is 2.70. The number of halogens is 1. The van der Waals surface area contributed by atoms with E-state index in [4.69, 9.17) is 17.3 Å². The van der Waals surface area contributed by atoms with Crippen LogP contribution in [0.15, 0.2) is 12.3 Å². The van der Waals surface area contributed by atoms with Gasteiger partial charge in [0, 0.05) is 6.54 Å². The van der Waals surface area contributed by atoms with Crippen LogP contribution in [0.25, 0.3) is 0 Å². The summed E-state index contributed by atoms with van der Waals surface area (Å²) in [6.07, 6.45) is 2.82. The summed E-state index contributed by atoms with van der Waals surface area (Å²) in [5.74, 6) is -0.621. The number of nitrogens with two attached hydrogens (primary N) is 1. The molecule has 2 rings (SSSR count). The first-order chi connectivity index (χ1) is 8.58. The Bertz CT molecular complexity index is 492. The Labute approximate surface area is 109 Å². The number of aromatic nitrogens is 1. The van der Waals surface area contributed by atoms with Crippen LogP contribution in [0, 0.1) is 0 Å². The van der Waals surface area contributed by atoms with Crippen molar-refractivity contribution in [2.24, 2.45) is 0 Å². The summed E-state index contributed by atoms with van der Waals surface area (Å²) in [6, 6.07) is 0.912. The highest BCUT2D eigenvalue weighted by Gasteiger charge is 2.25. The molecule has 0 aromatic carbocycles. The van der Waals surface area contributed by atoms with Gasteiger partial charge in [0.2, 0.25) is 5.91 Å². The quantitative estimate of drug-likeness (QED) is 0.673. The number of nitrogens with one attached hydrogen (secondary N) is 2. The van der Waals surface area contributed by atoms with E-state index in [-0.39, 0.29) is 16.6 Å². The molecule has 96 valence electrons. The Balaban J connectivity index is 2.11. The monoisotopic (exact) mass is 268 g/mol. The van der Waals surface area contributed by atoms with Crippen LogP contribution in [0.3, 0.4) is 0 Å². The van der Waals surface area contributed by atoms with Gasteiger partial charge in [-0.25, -0.2) is 4.98 Å². The van der Waals surface area contributed by atoms with Crippen LogP contribution in [0.4, 0.5) is 5.69 Å². The average molecular weight is 269 g/mol. The van der Waals surface area contributed by atoms with Crippen LogP contribution < -0.4 is 16.4 Å². The predicted octanol–water partition coefficient (Wildman–Crippen LogP) is 0.326. The molecule has 1 saturated heterocycles. The minimum absolute atomic E-state index is 0.0675. The molecule has 1 unspecified atom stereocenters. The molecule has 7 heteroatoms. The van der Waals surface area contributed by atoms with E-state index in [0.29, 0.717) is 18.7 Å². The Morgan fingerprint density at radius 3 is 3.11 bits per heavy atom. The lowest BCUT2D eigenvalue weighted by molar-refractivity contribution is -0.124. The normalized spacial score (nSPS) is 19.2. The van der Waals surface area contributed by atoms with E-state index >= 15 is 0 Å². The molecule has 2 heterocycles. The number of hydrogen-bond donors (Lipinski definition) is 3. The molecule has 1 fully saturated rings. The van der Waals surface area contributed by atoms with Crippen LogP contribution in [0.5, 0.6) is 0 Å². The maximum Gasteiger partial charge on any atom is 0.255 e. The van der Waals surface area contributed by atoms with Gasteiger partial charge >= 0.3 is 0 Å². The second kappa shape index (κ2) is 5.22. The van der Waals surface area contributed by atoms with Gasteiger partial charge in [0.1, 0.15) is 11.2 Å². The summed E-state index contributed by atoms with van der Waals surface area (Å²) in [5, 5.41) is 5.38. The molecule has 6 nitrogen and oxygen atoms in total. The number of nitrogen functional groups attached to an aromatic ring is 1. The van der Waals surface area contributed by atoms with E-state index in [2.05, 4.69) is 15.6 Å². The molecule has 1 aromatic rings. The van der Waals surface area contributed by atoms with Crippen LogP contribution in [0.2, 0.25) is 5.15 Å². The number of amides is 2. The summed E-state index contributed by atoms with van der Waals surface area (Å²) in [4.78, 5) is 27.3. The Hall–Kier alpha value is -1.82. The third-order valence-electron chi connectivity index (χ3n) is 2.70. The molecule has 0 radical (unpaired) electrons. The number of pyridine rings is 1. The lowest BCUT2D eigenvalue weighted by atomic mass is 10.1. The molecule has 2 amide bonds. The zero-order valence-corrected chi connectivity index (χ0v) is 10.3. The van der Waals surface area contributed by atoms with Gasteiger partial charge in [-0.1, -0.05) is 11.6 Å².